The fraction of sp³-hybridized carbons (Fsp3) is 0.433. The third kappa shape index (κ3) is 7.38. The molecule has 2 aromatic carbocycles. The van der Waals surface area contributed by atoms with Crippen LogP contribution >= 0.6 is 21.6 Å². The van der Waals surface area contributed by atoms with E-state index in [-0.39, 0.29) is 27.8 Å². The Morgan fingerprint density at radius 2 is 1.43 bits per heavy atom. The van der Waals surface area contributed by atoms with Crippen LogP contribution in [0, 0.1) is 29.1 Å². The van der Waals surface area contributed by atoms with E-state index in [1.165, 1.54) is 0 Å². The summed E-state index contributed by atoms with van der Waals surface area (Å²) in [4.78, 5) is 12.5. The molecule has 2 aliphatic rings. The van der Waals surface area contributed by atoms with Crippen LogP contribution in [0.25, 0.3) is 22.2 Å². The van der Waals surface area contributed by atoms with E-state index in [2.05, 4.69) is 10.3 Å². The predicted octanol–water partition coefficient (Wildman–Crippen LogP) is 1.13. The zero-order chi connectivity index (χ0) is 36.7. The van der Waals surface area contributed by atoms with E-state index in [4.69, 9.17) is 18.6 Å². The molecule has 51 heavy (non-hydrogen) atoms. The Kier molecular flexibility index (Phi) is 11.3. The van der Waals surface area contributed by atoms with Gasteiger partial charge in [-0.15, -0.1) is 5.10 Å². The van der Waals surface area contributed by atoms with Gasteiger partial charge in [-0.05, 0) is 30.3 Å². The number of nitrogens with zero attached hydrogens (tertiary/aromatic N) is 3. The second kappa shape index (κ2) is 15.4. The van der Waals surface area contributed by atoms with Crippen molar-refractivity contribution in [1.29, 1.82) is 0 Å². The maximum Gasteiger partial charge on any atom is 0.341 e. The topological polar surface area (TPSA) is 210 Å². The number of hydrogen-bond acceptors (Lipinski definition) is 15. The van der Waals surface area contributed by atoms with Gasteiger partial charge in [-0.1, -0.05) is 26.8 Å². The Bertz CT molecular complexity index is 1920. The molecular formula is C30H28F5N3O11S2. The molecule has 2 aromatic heterocycles. The minimum Gasteiger partial charge on any atom is -0.422 e. The zero-order valence-electron chi connectivity index (χ0n) is 25.6. The van der Waals surface area contributed by atoms with E-state index in [9.17, 15) is 57.4 Å². The molecule has 276 valence electrons. The maximum absolute atomic E-state index is 14.3. The smallest absolute Gasteiger partial charge is 0.341 e. The molecule has 0 radical (unpaired) electrons. The third-order valence-electron chi connectivity index (χ3n) is 8.32. The molecule has 2 aliphatic heterocycles. The summed E-state index contributed by atoms with van der Waals surface area (Å²) in [6.07, 6.45) is -9.57. The van der Waals surface area contributed by atoms with Crippen LogP contribution < -0.4 is 5.63 Å². The van der Waals surface area contributed by atoms with Gasteiger partial charge in [0.25, 0.3) is 0 Å². The monoisotopic (exact) mass is 765 g/mol. The summed E-state index contributed by atoms with van der Waals surface area (Å²) in [5.74, 6) is -7.13. The SMILES string of the molecule is O=c1oc2ccc(F)c(F)c2cc1CO[C@H]1[C@@H](O)[C@@H](CO)O[C@@H](SS[C@@H]2O[C@H](CO)[C@H](O)[C@H](n3cc(-c4cc(F)c(F)c(F)c4)nn3)[C@H]2O)[C@@H]1O. The molecule has 0 unspecified atom stereocenters. The summed E-state index contributed by atoms with van der Waals surface area (Å²) in [6, 6.07) is 2.84. The van der Waals surface area contributed by atoms with Gasteiger partial charge in [0.2, 0.25) is 0 Å². The molecule has 0 bridgehead atoms. The van der Waals surface area contributed by atoms with Crippen LogP contribution in [-0.2, 0) is 20.8 Å². The molecule has 21 heteroatoms. The normalized spacial score (nSPS) is 29.9. The van der Waals surface area contributed by atoms with Gasteiger partial charge >= 0.3 is 5.63 Å². The number of rotatable bonds is 10. The van der Waals surface area contributed by atoms with Crippen molar-refractivity contribution in [3.05, 3.63) is 81.6 Å². The van der Waals surface area contributed by atoms with Gasteiger partial charge < -0.3 is 49.3 Å². The van der Waals surface area contributed by atoms with E-state index in [0.29, 0.717) is 12.1 Å². The van der Waals surface area contributed by atoms with Gasteiger partial charge in [0.05, 0.1) is 37.0 Å². The lowest BCUT2D eigenvalue weighted by atomic mass is 9.97. The Labute approximate surface area is 290 Å². The number of ether oxygens (including phenoxy) is 3. The van der Waals surface area contributed by atoms with Crippen LogP contribution in [0.2, 0.25) is 0 Å². The molecule has 0 saturated carbocycles. The van der Waals surface area contributed by atoms with Crippen molar-refractivity contribution in [3.63, 3.8) is 0 Å². The molecule has 2 fully saturated rings. The Hall–Kier alpha value is -3.22. The Morgan fingerprint density at radius 1 is 0.804 bits per heavy atom. The van der Waals surface area contributed by atoms with Crippen molar-refractivity contribution in [2.75, 3.05) is 13.2 Å². The Balaban J connectivity index is 1.17. The van der Waals surface area contributed by atoms with Crippen LogP contribution in [-0.4, -0.2) is 112 Å². The van der Waals surface area contributed by atoms with Gasteiger partial charge in [0.1, 0.15) is 70.9 Å². The highest BCUT2D eigenvalue weighted by Gasteiger charge is 2.49. The quantitative estimate of drug-likeness (QED) is 0.0579. The lowest BCUT2D eigenvalue weighted by Gasteiger charge is -2.43. The zero-order valence-corrected chi connectivity index (χ0v) is 27.3. The van der Waals surface area contributed by atoms with Crippen LogP contribution in [0.4, 0.5) is 22.0 Å². The summed E-state index contributed by atoms with van der Waals surface area (Å²) in [5.41, 5.74) is -4.40. The lowest BCUT2D eigenvalue weighted by molar-refractivity contribution is -0.223. The third-order valence-corrected chi connectivity index (χ3v) is 11.1. The number of aromatic nitrogens is 3. The molecule has 0 aliphatic carbocycles. The number of aliphatic hydroxyl groups is 6. The van der Waals surface area contributed by atoms with E-state index in [1.807, 2.05) is 0 Å². The van der Waals surface area contributed by atoms with Crippen molar-refractivity contribution >= 4 is 32.6 Å². The second-order valence-electron chi connectivity index (χ2n) is 11.5. The van der Waals surface area contributed by atoms with E-state index in [0.717, 1.165) is 50.7 Å². The first kappa shape index (κ1) is 37.5. The van der Waals surface area contributed by atoms with Gasteiger partial charge in [-0.25, -0.2) is 31.4 Å². The van der Waals surface area contributed by atoms with Crippen molar-refractivity contribution < 1.29 is 71.2 Å². The molecule has 10 atom stereocenters. The van der Waals surface area contributed by atoms with E-state index >= 15 is 0 Å². The maximum atomic E-state index is 14.3. The van der Waals surface area contributed by atoms with Gasteiger partial charge in [0.15, 0.2) is 29.1 Å². The highest BCUT2D eigenvalue weighted by atomic mass is 33.1. The lowest BCUT2D eigenvalue weighted by Crippen LogP contribution is -2.58. The number of aliphatic hydroxyl groups excluding tert-OH is 6. The fourth-order valence-corrected chi connectivity index (χ4v) is 8.37. The second-order valence-corrected chi connectivity index (χ2v) is 14.0. The molecular weight excluding hydrogens is 737 g/mol. The summed E-state index contributed by atoms with van der Waals surface area (Å²) < 4.78 is 92.2. The van der Waals surface area contributed by atoms with Crippen LogP contribution in [0.3, 0.4) is 0 Å². The minimum absolute atomic E-state index is 0.144. The van der Waals surface area contributed by atoms with Crippen LogP contribution in [0.1, 0.15) is 11.6 Å². The molecule has 0 spiro atoms. The van der Waals surface area contributed by atoms with Crippen LogP contribution in [0.15, 0.2) is 45.7 Å². The minimum atomic E-state index is -1.69. The number of halogens is 5. The van der Waals surface area contributed by atoms with Crippen LogP contribution in [0.5, 0.6) is 0 Å². The summed E-state index contributed by atoms with van der Waals surface area (Å²) >= 11 is 0. The van der Waals surface area contributed by atoms with Crippen molar-refractivity contribution in [2.45, 2.75) is 66.2 Å². The van der Waals surface area contributed by atoms with Gasteiger partial charge in [-0.3, -0.25) is 0 Å². The fourth-order valence-electron chi connectivity index (χ4n) is 5.61. The molecule has 4 aromatic rings. The Morgan fingerprint density at radius 3 is 2.08 bits per heavy atom. The molecule has 14 nitrogen and oxygen atoms in total. The average Bonchev–Trinajstić information content (AvgIpc) is 3.59. The van der Waals surface area contributed by atoms with Crippen molar-refractivity contribution in [3.8, 4) is 11.3 Å². The molecule has 0 amide bonds. The predicted molar refractivity (Wildman–Crippen MR) is 166 cm³/mol. The summed E-state index contributed by atoms with van der Waals surface area (Å²) in [6.45, 7) is -2.13. The molecule has 2 saturated heterocycles. The standard InChI is InChI=1S/C30H28F5N3O11S2/c31-13-1-2-17-12(20(13)34)3-11(28(45)47-17)9-46-27-24(42)19(8-40)49-30(26(27)44)51-50-29-25(43)22(23(41)18(7-39)48-29)38-6-16(36-37-38)10-4-14(32)21(35)15(33)5-10/h1-6,18-19,22-27,29-30,39-44H,7-9H2/t18-,19-,22+,23+,24+,25-,26-,27+,29+,30+/m1/s1. The highest BCUT2D eigenvalue weighted by molar-refractivity contribution is 8.77. The van der Waals surface area contributed by atoms with Gasteiger partial charge in [0, 0.05) is 5.56 Å². The summed E-state index contributed by atoms with van der Waals surface area (Å²) in [5, 5.41) is 71.1. The van der Waals surface area contributed by atoms with Crippen molar-refractivity contribution in [2.24, 2.45) is 0 Å². The number of hydrogen-bond donors (Lipinski definition) is 6. The van der Waals surface area contributed by atoms with E-state index < -0.39 is 114 Å². The first-order valence-electron chi connectivity index (χ1n) is 15.0. The largest absolute Gasteiger partial charge is 0.422 e. The molecule has 4 heterocycles. The van der Waals surface area contributed by atoms with E-state index in [1.54, 1.807) is 0 Å². The molecule has 6 N–H and O–H groups in total. The molecule has 6 rings (SSSR count). The first-order valence-corrected chi connectivity index (χ1v) is 17.3. The average molecular weight is 766 g/mol. The first-order chi connectivity index (χ1) is 24.3. The number of fused-ring (bicyclic) bond motifs is 1. The van der Waals surface area contributed by atoms with Crippen molar-refractivity contribution in [1.82, 2.24) is 15.0 Å². The summed E-state index contributed by atoms with van der Waals surface area (Å²) in [7, 11) is 1.50. The van der Waals surface area contributed by atoms with Gasteiger partial charge in [-0.2, -0.15) is 0 Å². The highest BCUT2D eigenvalue weighted by Crippen LogP contribution is 2.44. The number of benzene rings is 2.